The second-order valence-electron chi connectivity index (χ2n) is 7.87. The lowest BCUT2D eigenvalue weighted by molar-refractivity contribution is -0.147. The molecule has 0 amide bonds. The zero-order valence-corrected chi connectivity index (χ0v) is 17.7. The Labute approximate surface area is 179 Å². The summed E-state index contributed by atoms with van der Waals surface area (Å²) in [4.78, 5) is 24.6. The van der Waals surface area contributed by atoms with Gasteiger partial charge in [0.15, 0.2) is 0 Å². The third-order valence-corrected chi connectivity index (χ3v) is 5.80. The standard InChI is InChI=1S/C25H31NO4/c1-21(27)20-24(28)30-19-18-29-17-16-26-14-12-25(13-15-26,22-8-4-2-5-9-22)23-10-6-3-7-11-23/h2-11H,12-20H2,1H3. The number of hydrogen-bond acceptors (Lipinski definition) is 5. The van der Waals surface area contributed by atoms with Gasteiger partial charge in [-0.2, -0.15) is 0 Å². The fraction of sp³-hybridized carbons (Fsp3) is 0.440. The number of carbonyl (C=O) groups excluding carboxylic acids is 2. The van der Waals surface area contributed by atoms with E-state index in [1.54, 1.807) is 0 Å². The molecule has 0 atom stereocenters. The molecule has 30 heavy (non-hydrogen) atoms. The van der Waals surface area contributed by atoms with Crippen molar-refractivity contribution in [2.45, 2.75) is 31.6 Å². The summed E-state index contributed by atoms with van der Waals surface area (Å²) in [5.74, 6) is -0.673. The molecule has 0 aliphatic carbocycles. The van der Waals surface area contributed by atoms with Crippen molar-refractivity contribution in [2.75, 3.05) is 39.5 Å². The third-order valence-electron chi connectivity index (χ3n) is 5.80. The van der Waals surface area contributed by atoms with Gasteiger partial charge in [0.1, 0.15) is 18.8 Å². The van der Waals surface area contributed by atoms with Crippen LogP contribution in [0.15, 0.2) is 60.7 Å². The molecule has 0 unspecified atom stereocenters. The minimum atomic E-state index is -0.486. The topological polar surface area (TPSA) is 55.8 Å². The fourth-order valence-corrected chi connectivity index (χ4v) is 4.18. The molecule has 160 valence electrons. The molecule has 0 radical (unpaired) electrons. The highest BCUT2D eigenvalue weighted by molar-refractivity contribution is 5.94. The van der Waals surface area contributed by atoms with Crippen molar-refractivity contribution < 1.29 is 19.1 Å². The highest BCUT2D eigenvalue weighted by Gasteiger charge is 2.37. The summed E-state index contributed by atoms with van der Waals surface area (Å²) >= 11 is 0. The first kappa shape index (κ1) is 22.2. The number of Topliss-reactive ketones (excluding diaryl/α,β-unsaturated/α-hetero) is 1. The fourth-order valence-electron chi connectivity index (χ4n) is 4.18. The van der Waals surface area contributed by atoms with E-state index in [4.69, 9.17) is 9.47 Å². The quantitative estimate of drug-likeness (QED) is 0.341. The smallest absolute Gasteiger partial charge is 0.313 e. The molecule has 1 fully saturated rings. The molecule has 3 rings (SSSR count). The molecule has 0 bridgehead atoms. The summed E-state index contributed by atoms with van der Waals surface area (Å²) in [7, 11) is 0. The van der Waals surface area contributed by atoms with E-state index < -0.39 is 5.97 Å². The van der Waals surface area contributed by atoms with Crippen LogP contribution in [0.5, 0.6) is 0 Å². The van der Waals surface area contributed by atoms with E-state index in [0.29, 0.717) is 13.2 Å². The number of esters is 1. The molecule has 1 aliphatic heterocycles. The highest BCUT2D eigenvalue weighted by Crippen LogP contribution is 2.41. The Morgan fingerprint density at radius 3 is 1.97 bits per heavy atom. The molecule has 0 saturated carbocycles. The van der Waals surface area contributed by atoms with Gasteiger partial charge in [-0.05, 0) is 44.0 Å². The average molecular weight is 410 g/mol. The average Bonchev–Trinajstić information content (AvgIpc) is 2.77. The van der Waals surface area contributed by atoms with Crippen LogP contribution in [0.25, 0.3) is 0 Å². The molecule has 5 heteroatoms. The van der Waals surface area contributed by atoms with Crippen LogP contribution < -0.4 is 0 Å². The van der Waals surface area contributed by atoms with Gasteiger partial charge in [-0.1, -0.05) is 60.7 Å². The lowest BCUT2D eigenvalue weighted by atomic mass is 9.68. The Balaban J connectivity index is 1.46. The van der Waals surface area contributed by atoms with Crippen LogP contribution in [0.1, 0.15) is 37.3 Å². The molecular formula is C25H31NO4. The van der Waals surface area contributed by atoms with Crippen molar-refractivity contribution in [1.29, 1.82) is 0 Å². The molecule has 1 heterocycles. The predicted molar refractivity (Wildman–Crippen MR) is 116 cm³/mol. The summed E-state index contributed by atoms with van der Waals surface area (Å²) in [6.45, 7) is 5.42. The van der Waals surface area contributed by atoms with E-state index in [1.165, 1.54) is 18.1 Å². The van der Waals surface area contributed by atoms with Crippen molar-refractivity contribution in [3.05, 3.63) is 71.8 Å². The van der Waals surface area contributed by atoms with Crippen LogP contribution in [-0.2, 0) is 24.5 Å². The molecule has 5 nitrogen and oxygen atoms in total. The molecule has 0 spiro atoms. The Bertz CT molecular complexity index is 757. The van der Waals surface area contributed by atoms with Crippen LogP contribution in [0.2, 0.25) is 0 Å². The molecule has 2 aromatic rings. The maximum Gasteiger partial charge on any atom is 0.313 e. The summed E-state index contributed by atoms with van der Waals surface area (Å²) in [5.41, 5.74) is 2.84. The van der Waals surface area contributed by atoms with E-state index in [1.807, 2.05) is 0 Å². The number of piperidine rings is 1. The summed E-state index contributed by atoms with van der Waals surface area (Å²) < 4.78 is 10.6. The summed E-state index contributed by atoms with van der Waals surface area (Å²) in [5, 5.41) is 0. The van der Waals surface area contributed by atoms with E-state index in [-0.39, 0.29) is 24.2 Å². The minimum absolute atomic E-state index is 0.0603. The van der Waals surface area contributed by atoms with Gasteiger partial charge in [-0.25, -0.2) is 0 Å². The summed E-state index contributed by atoms with van der Waals surface area (Å²) in [6.07, 6.45) is 1.98. The first-order valence-electron chi connectivity index (χ1n) is 10.7. The van der Waals surface area contributed by atoms with Crippen molar-refractivity contribution in [2.24, 2.45) is 0 Å². The first-order valence-corrected chi connectivity index (χ1v) is 10.7. The van der Waals surface area contributed by atoms with Crippen molar-refractivity contribution >= 4 is 11.8 Å². The molecule has 1 saturated heterocycles. The molecular weight excluding hydrogens is 378 g/mol. The van der Waals surface area contributed by atoms with Gasteiger partial charge in [-0.15, -0.1) is 0 Å². The van der Waals surface area contributed by atoms with Crippen LogP contribution in [-0.4, -0.2) is 56.1 Å². The number of hydrogen-bond donors (Lipinski definition) is 0. The van der Waals surface area contributed by atoms with Crippen LogP contribution >= 0.6 is 0 Å². The zero-order chi connectivity index (χ0) is 21.2. The lowest BCUT2D eigenvalue weighted by Gasteiger charge is -2.43. The lowest BCUT2D eigenvalue weighted by Crippen LogP contribution is -2.44. The van der Waals surface area contributed by atoms with Gasteiger partial charge in [0.05, 0.1) is 13.2 Å². The Morgan fingerprint density at radius 2 is 1.43 bits per heavy atom. The number of ketones is 1. The molecule has 0 aromatic heterocycles. The minimum Gasteiger partial charge on any atom is -0.463 e. The monoisotopic (exact) mass is 409 g/mol. The largest absolute Gasteiger partial charge is 0.463 e. The van der Waals surface area contributed by atoms with Gasteiger partial charge in [0.2, 0.25) is 0 Å². The number of benzene rings is 2. The van der Waals surface area contributed by atoms with E-state index in [9.17, 15) is 9.59 Å². The number of ether oxygens (including phenoxy) is 2. The Morgan fingerprint density at radius 1 is 0.867 bits per heavy atom. The normalized spacial score (nSPS) is 16.2. The van der Waals surface area contributed by atoms with E-state index in [0.717, 1.165) is 32.5 Å². The zero-order valence-electron chi connectivity index (χ0n) is 17.7. The molecule has 1 aliphatic rings. The van der Waals surface area contributed by atoms with Gasteiger partial charge in [0.25, 0.3) is 0 Å². The van der Waals surface area contributed by atoms with Gasteiger partial charge in [-0.3, -0.25) is 9.59 Å². The van der Waals surface area contributed by atoms with Crippen LogP contribution in [0.4, 0.5) is 0 Å². The van der Waals surface area contributed by atoms with E-state index in [2.05, 4.69) is 65.6 Å². The van der Waals surface area contributed by atoms with Crippen molar-refractivity contribution in [3.63, 3.8) is 0 Å². The highest BCUT2D eigenvalue weighted by atomic mass is 16.6. The van der Waals surface area contributed by atoms with Crippen LogP contribution in [0, 0.1) is 0 Å². The SMILES string of the molecule is CC(=O)CC(=O)OCCOCCN1CCC(c2ccccc2)(c2ccccc2)CC1. The first-order chi connectivity index (χ1) is 14.6. The van der Waals surface area contributed by atoms with E-state index >= 15 is 0 Å². The van der Waals surface area contributed by atoms with Crippen molar-refractivity contribution in [1.82, 2.24) is 4.90 Å². The summed E-state index contributed by atoms with van der Waals surface area (Å²) in [6, 6.07) is 21.7. The predicted octanol–water partition coefficient (Wildman–Crippen LogP) is 3.61. The second kappa shape index (κ2) is 11.0. The number of likely N-dealkylation sites (tertiary alicyclic amines) is 1. The third kappa shape index (κ3) is 6.00. The number of nitrogens with zero attached hydrogens (tertiary/aromatic N) is 1. The van der Waals surface area contributed by atoms with Crippen molar-refractivity contribution in [3.8, 4) is 0 Å². The molecule has 2 aromatic carbocycles. The number of rotatable bonds is 10. The van der Waals surface area contributed by atoms with Gasteiger partial charge < -0.3 is 14.4 Å². The second-order valence-corrected chi connectivity index (χ2v) is 7.87. The number of carbonyl (C=O) groups is 2. The maximum absolute atomic E-state index is 11.3. The van der Waals surface area contributed by atoms with Crippen LogP contribution in [0.3, 0.4) is 0 Å². The maximum atomic E-state index is 11.3. The van der Waals surface area contributed by atoms with Gasteiger partial charge >= 0.3 is 5.97 Å². The Kier molecular flexibility index (Phi) is 8.17. The Hall–Kier alpha value is -2.50. The molecule has 0 N–H and O–H groups in total. The van der Waals surface area contributed by atoms with Gasteiger partial charge in [0, 0.05) is 12.0 Å².